The van der Waals surface area contributed by atoms with Gasteiger partial charge in [-0.25, -0.2) is 0 Å². The second-order valence-corrected chi connectivity index (χ2v) is 5.42. The van der Waals surface area contributed by atoms with E-state index in [0.717, 1.165) is 35.2 Å². The lowest BCUT2D eigenvalue weighted by atomic mass is 10.2. The Hall–Kier alpha value is -0.0900. The van der Waals surface area contributed by atoms with Crippen molar-refractivity contribution in [1.82, 2.24) is 10.6 Å². The van der Waals surface area contributed by atoms with E-state index in [1.54, 1.807) is 0 Å². The van der Waals surface area contributed by atoms with E-state index in [9.17, 15) is 0 Å². The molecule has 1 aliphatic carbocycles. The molecule has 1 aliphatic rings. The summed E-state index contributed by atoms with van der Waals surface area (Å²) in [4.78, 5) is 0. The first kappa shape index (κ1) is 12.4. The van der Waals surface area contributed by atoms with E-state index in [-0.39, 0.29) is 0 Å². The summed E-state index contributed by atoms with van der Waals surface area (Å²) in [6, 6.07) is 6.83. The van der Waals surface area contributed by atoms with Gasteiger partial charge in [-0.2, -0.15) is 0 Å². The second kappa shape index (κ2) is 6.01. The molecule has 4 heteroatoms. The van der Waals surface area contributed by atoms with Crippen LogP contribution in [0.1, 0.15) is 18.4 Å². The van der Waals surface area contributed by atoms with E-state index in [2.05, 4.69) is 38.7 Å². The normalized spacial score (nSPS) is 15.4. The summed E-state index contributed by atoms with van der Waals surface area (Å²) in [6.07, 6.45) is 2.70. The van der Waals surface area contributed by atoms with Gasteiger partial charge in [0, 0.05) is 30.1 Å². The molecule has 0 spiro atoms. The zero-order chi connectivity index (χ0) is 11.4. The van der Waals surface area contributed by atoms with Crippen molar-refractivity contribution >= 4 is 27.5 Å². The van der Waals surface area contributed by atoms with Gasteiger partial charge in [-0.15, -0.1) is 0 Å². The Labute approximate surface area is 110 Å². The average molecular weight is 304 g/mol. The molecule has 88 valence electrons. The van der Waals surface area contributed by atoms with Gasteiger partial charge >= 0.3 is 0 Å². The third-order valence-electron chi connectivity index (χ3n) is 2.63. The quantitative estimate of drug-likeness (QED) is 0.790. The number of halogens is 2. The highest BCUT2D eigenvalue weighted by Gasteiger charge is 2.19. The van der Waals surface area contributed by atoms with Crippen LogP contribution in [0.5, 0.6) is 0 Å². The SMILES string of the molecule is Clc1ccc(CNCCNC2CC2)cc1Br. The predicted octanol–water partition coefficient (Wildman–Crippen LogP) is 2.94. The van der Waals surface area contributed by atoms with Gasteiger partial charge in [-0.3, -0.25) is 0 Å². The fourth-order valence-corrected chi connectivity index (χ4v) is 2.08. The molecule has 0 bridgehead atoms. The molecule has 2 N–H and O–H groups in total. The van der Waals surface area contributed by atoms with Crippen LogP contribution in [0.3, 0.4) is 0 Å². The summed E-state index contributed by atoms with van der Waals surface area (Å²) in [7, 11) is 0. The summed E-state index contributed by atoms with van der Waals surface area (Å²) in [5, 5.41) is 7.64. The van der Waals surface area contributed by atoms with Crippen molar-refractivity contribution in [3.63, 3.8) is 0 Å². The highest BCUT2D eigenvalue weighted by Crippen LogP contribution is 2.23. The summed E-state index contributed by atoms with van der Waals surface area (Å²) >= 11 is 9.35. The van der Waals surface area contributed by atoms with Crippen LogP contribution in [0.2, 0.25) is 5.02 Å². The van der Waals surface area contributed by atoms with Gasteiger partial charge < -0.3 is 10.6 Å². The molecule has 0 atom stereocenters. The van der Waals surface area contributed by atoms with Crippen molar-refractivity contribution in [1.29, 1.82) is 0 Å². The van der Waals surface area contributed by atoms with E-state index >= 15 is 0 Å². The Morgan fingerprint density at radius 3 is 2.81 bits per heavy atom. The van der Waals surface area contributed by atoms with Crippen molar-refractivity contribution in [3.8, 4) is 0 Å². The monoisotopic (exact) mass is 302 g/mol. The lowest BCUT2D eigenvalue weighted by Crippen LogP contribution is -2.28. The molecule has 16 heavy (non-hydrogen) atoms. The Balaban J connectivity index is 1.65. The van der Waals surface area contributed by atoms with Crippen LogP contribution in [-0.4, -0.2) is 19.1 Å². The summed E-state index contributed by atoms with van der Waals surface area (Å²) in [6.45, 7) is 2.96. The Morgan fingerprint density at radius 1 is 1.31 bits per heavy atom. The minimum absolute atomic E-state index is 0.763. The number of hydrogen-bond acceptors (Lipinski definition) is 2. The van der Waals surface area contributed by atoms with Crippen LogP contribution in [0.4, 0.5) is 0 Å². The molecular formula is C12H16BrClN2. The van der Waals surface area contributed by atoms with Crippen LogP contribution < -0.4 is 10.6 Å². The fraction of sp³-hybridized carbons (Fsp3) is 0.500. The molecule has 1 aromatic carbocycles. The van der Waals surface area contributed by atoms with Gasteiger partial charge in [0.05, 0.1) is 5.02 Å². The largest absolute Gasteiger partial charge is 0.313 e. The topological polar surface area (TPSA) is 24.1 Å². The van der Waals surface area contributed by atoms with E-state index in [1.807, 2.05) is 6.07 Å². The molecule has 0 saturated heterocycles. The lowest BCUT2D eigenvalue weighted by molar-refractivity contribution is 0.608. The van der Waals surface area contributed by atoms with Crippen molar-refractivity contribution < 1.29 is 0 Å². The number of rotatable bonds is 6. The van der Waals surface area contributed by atoms with Gasteiger partial charge in [0.15, 0.2) is 0 Å². The van der Waals surface area contributed by atoms with E-state index in [1.165, 1.54) is 18.4 Å². The van der Waals surface area contributed by atoms with Crippen molar-refractivity contribution in [2.45, 2.75) is 25.4 Å². The van der Waals surface area contributed by atoms with E-state index < -0.39 is 0 Å². The standard InChI is InChI=1S/C12H16BrClN2/c13-11-7-9(1-4-12(11)14)8-15-5-6-16-10-2-3-10/h1,4,7,10,15-16H,2-3,5-6,8H2. The molecule has 1 aromatic rings. The van der Waals surface area contributed by atoms with Crippen LogP contribution in [0.15, 0.2) is 22.7 Å². The highest BCUT2D eigenvalue weighted by atomic mass is 79.9. The second-order valence-electron chi connectivity index (χ2n) is 4.15. The maximum Gasteiger partial charge on any atom is 0.0548 e. The molecule has 0 radical (unpaired) electrons. The minimum Gasteiger partial charge on any atom is -0.313 e. The number of benzene rings is 1. The molecular weight excluding hydrogens is 288 g/mol. The Bertz CT molecular complexity index is 353. The van der Waals surface area contributed by atoms with Crippen LogP contribution >= 0.6 is 27.5 Å². The van der Waals surface area contributed by atoms with Gasteiger partial charge in [0.1, 0.15) is 0 Å². The van der Waals surface area contributed by atoms with Crippen molar-refractivity contribution in [2.75, 3.05) is 13.1 Å². The molecule has 0 aromatic heterocycles. The summed E-state index contributed by atoms with van der Waals surface area (Å²) in [5.41, 5.74) is 1.25. The van der Waals surface area contributed by atoms with Gasteiger partial charge in [0.2, 0.25) is 0 Å². The zero-order valence-corrected chi connectivity index (χ0v) is 11.4. The third-order valence-corrected chi connectivity index (χ3v) is 3.84. The van der Waals surface area contributed by atoms with E-state index in [0.29, 0.717) is 0 Å². The summed E-state index contributed by atoms with van der Waals surface area (Å²) in [5.74, 6) is 0. The molecule has 1 saturated carbocycles. The van der Waals surface area contributed by atoms with Crippen molar-refractivity contribution in [2.24, 2.45) is 0 Å². The van der Waals surface area contributed by atoms with Crippen LogP contribution in [0.25, 0.3) is 0 Å². The first-order valence-corrected chi connectivity index (χ1v) is 6.81. The summed E-state index contributed by atoms with van der Waals surface area (Å²) < 4.78 is 0.963. The van der Waals surface area contributed by atoms with Gasteiger partial charge in [0.25, 0.3) is 0 Å². The molecule has 0 unspecified atom stereocenters. The third kappa shape index (κ3) is 4.06. The molecule has 2 rings (SSSR count). The lowest BCUT2D eigenvalue weighted by Gasteiger charge is -2.06. The minimum atomic E-state index is 0.763. The Kier molecular flexibility index (Phi) is 4.65. The first-order chi connectivity index (χ1) is 7.75. The maximum absolute atomic E-state index is 5.93. The van der Waals surface area contributed by atoms with Crippen LogP contribution in [-0.2, 0) is 6.54 Å². The van der Waals surface area contributed by atoms with Crippen molar-refractivity contribution in [3.05, 3.63) is 33.3 Å². The molecule has 0 amide bonds. The van der Waals surface area contributed by atoms with Crippen LogP contribution in [0, 0.1) is 0 Å². The molecule has 2 nitrogen and oxygen atoms in total. The van der Waals surface area contributed by atoms with Gasteiger partial charge in [-0.05, 0) is 46.5 Å². The molecule has 0 heterocycles. The first-order valence-electron chi connectivity index (χ1n) is 5.64. The average Bonchev–Trinajstić information content (AvgIpc) is 3.07. The number of hydrogen-bond donors (Lipinski definition) is 2. The van der Waals surface area contributed by atoms with E-state index in [4.69, 9.17) is 11.6 Å². The smallest absolute Gasteiger partial charge is 0.0548 e. The maximum atomic E-state index is 5.93. The molecule has 0 aliphatic heterocycles. The number of nitrogens with one attached hydrogen (secondary N) is 2. The molecule has 1 fully saturated rings. The Morgan fingerprint density at radius 2 is 2.12 bits per heavy atom. The van der Waals surface area contributed by atoms with Gasteiger partial charge in [-0.1, -0.05) is 17.7 Å². The fourth-order valence-electron chi connectivity index (χ4n) is 1.53. The predicted molar refractivity (Wildman–Crippen MR) is 71.9 cm³/mol. The zero-order valence-electron chi connectivity index (χ0n) is 9.10. The highest BCUT2D eigenvalue weighted by molar-refractivity contribution is 9.10.